The van der Waals surface area contributed by atoms with E-state index in [9.17, 15) is 0 Å². The van der Waals surface area contributed by atoms with Crippen LogP contribution < -0.4 is 15.5 Å². The lowest BCUT2D eigenvalue weighted by Gasteiger charge is -2.27. The number of nitrogens with zero attached hydrogens (tertiary/aromatic N) is 1. The van der Waals surface area contributed by atoms with E-state index in [1.165, 1.54) is 5.69 Å². The SMILES string of the molecule is CCN(c1ccc(NC(=S)NC[C@H]2CCCO2)cc1)C(C)C. The molecule has 1 aliphatic heterocycles. The van der Waals surface area contributed by atoms with Crippen molar-refractivity contribution >= 4 is 28.7 Å². The van der Waals surface area contributed by atoms with Gasteiger partial charge in [-0.25, -0.2) is 0 Å². The Balaban J connectivity index is 1.83. The van der Waals surface area contributed by atoms with Crippen LogP contribution >= 0.6 is 12.2 Å². The Morgan fingerprint density at radius 2 is 2.09 bits per heavy atom. The first-order chi connectivity index (χ1) is 10.6. The van der Waals surface area contributed by atoms with E-state index in [1.54, 1.807) is 0 Å². The van der Waals surface area contributed by atoms with Gasteiger partial charge in [-0.3, -0.25) is 0 Å². The third kappa shape index (κ3) is 4.85. The van der Waals surface area contributed by atoms with Gasteiger partial charge in [0.2, 0.25) is 0 Å². The Bertz CT molecular complexity index is 469. The van der Waals surface area contributed by atoms with Crippen molar-refractivity contribution in [1.82, 2.24) is 5.32 Å². The summed E-state index contributed by atoms with van der Waals surface area (Å²) < 4.78 is 5.57. The fraction of sp³-hybridized carbons (Fsp3) is 0.588. The molecule has 1 saturated heterocycles. The Hall–Kier alpha value is -1.33. The van der Waals surface area contributed by atoms with Crippen LogP contribution in [0.15, 0.2) is 24.3 Å². The topological polar surface area (TPSA) is 36.5 Å². The Morgan fingerprint density at radius 1 is 1.36 bits per heavy atom. The fourth-order valence-electron chi connectivity index (χ4n) is 2.77. The van der Waals surface area contributed by atoms with E-state index in [2.05, 4.69) is 60.6 Å². The molecule has 0 spiro atoms. The van der Waals surface area contributed by atoms with Gasteiger partial charge in [0.1, 0.15) is 0 Å². The van der Waals surface area contributed by atoms with E-state index >= 15 is 0 Å². The molecule has 1 fully saturated rings. The van der Waals surface area contributed by atoms with Gasteiger partial charge < -0.3 is 20.3 Å². The molecule has 122 valence electrons. The average molecular weight is 321 g/mol. The third-order valence-corrected chi connectivity index (χ3v) is 4.18. The Morgan fingerprint density at radius 3 is 2.64 bits per heavy atom. The van der Waals surface area contributed by atoms with Crippen molar-refractivity contribution in [3.63, 3.8) is 0 Å². The molecule has 1 heterocycles. The zero-order valence-corrected chi connectivity index (χ0v) is 14.6. The van der Waals surface area contributed by atoms with Crippen LogP contribution in [-0.4, -0.2) is 37.0 Å². The molecular weight excluding hydrogens is 294 g/mol. The Kier molecular flexibility index (Phi) is 6.46. The summed E-state index contributed by atoms with van der Waals surface area (Å²) in [5.74, 6) is 0. The summed E-state index contributed by atoms with van der Waals surface area (Å²) in [6, 6.07) is 8.90. The Labute approximate surface area is 139 Å². The summed E-state index contributed by atoms with van der Waals surface area (Å²) >= 11 is 5.33. The van der Waals surface area contributed by atoms with Crippen molar-refractivity contribution < 1.29 is 4.74 Å². The van der Waals surface area contributed by atoms with Gasteiger partial charge in [0.15, 0.2) is 5.11 Å². The van der Waals surface area contributed by atoms with Crippen molar-refractivity contribution in [3.8, 4) is 0 Å². The summed E-state index contributed by atoms with van der Waals surface area (Å²) in [6.07, 6.45) is 2.57. The lowest BCUT2D eigenvalue weighted by atomic mass is 10.2. The molecule has 1 aromatic carbocycles. The normalized spacial score (nSPS) is 17.5. The minimum Gasteiger partial charge on any atom is -0.376 e. The molecule has 1 atom stereocenters. The smallest absolute Gasteiger partial charge is 0.170 e. The van der Waals surface area contributed by atoms with Crippen LogP contribution in [0.4, 0.5) is 11.4 Å². The summed E-state index contributed by atoms with van der Waals surface area (Å²) in [6.45, 7) is 9.25. The predicted octanol–water partition coefficient (Wildman–Crippen LogP) is 3.39. The lowest BCUT2D eigenvalue weighted by molar-refractivity contribution is 0.114. The van der Waals surface area contributed by atoms with E-state index in [1.807, 2.05) is 0 Å². The molecule has 0 amide bonds. The van der Waals surface area contributed by atoms with Gasteiger partial charge in [-0.1, -0.05) is 0 Å². The molecule has 0 radical (unpaired) electrons. The number of benzene rings is 1. The van der Waals surface area contributed by atoms with Crippen molar-refractivity contribution in [2.45, 2.75) is 45.8 Å². The van der Waals surface area contributed by atoms with Gasteiger partial charge in [-0.15, -0.1) is 0 Å². The molecule has 0 aromatic heterocycles. The van der Waals surface area contributed by atoms with Gasteiger partial charge in [-0.05, 0) is 70.1 Å². The van der Waals surface area contributed by atoms with Crippen LogP contribution in [-0.2, 0) is 4.74 Å². The first kappa shape index (κ1) is 17.0. The van der Waals surface area contributed by atoms with Crippen LogP contribution in [0.3, 0.4) is 0 Å². The van der Waals surface area contributed by atoms with Crippen LogP contribution in [0.1, 0.15) is 33.6 Å². The largest absolute Gasteiger partial charge is 0.376 e. The molecule has 1 aliphatic rings. The molecule has 0 saturated carbocycles. The number of thiocarbonyl (C=S) groups is 1. The number of ether oxygens (including phenoxy) is 1. The van der Waals surface area contributed by atoms with Gasteiger partial charge in [0.05, 0.1) is 6.10 Å². The van der Waals surface area contributed by atoms with Crippen molar-refractivity contribution in [2.24, 2.45) is 0 Å². The van der Waals surface area contributed by atoms with Gasteiger partial charge in [0.25, 0.3) is 0 Å². The maximum absolute atomic E-state index is 5.57. The fourth-order valence-corrected chi connectivity index (χ4v) is 2.97. The second kappa shape index (κ2) is 8.34. The maximum Gasteiger partial charge on any atom is 0.170 e. The maximum atomic E-state index is 5.57. The highest BCUT2D eigenvalue weighted by Gasteiger charge is 2.15. The number of hydrogen-bond acceptors (Lipinski definition) is 3. The monoisotopic (exact) mass is 321 g/mol. The van der Waals surface area contributed by atoms with E-state index < -0.39 is 0 Å². The summed E-state index contributed by atoms with van der Waals surface area (Å²) in [4.78, 5) is 2.36. The van der Waals surface area contributed by atoms with Crippen molar-refractivity contribution in [3.05, 3.63) is 24.3 Å². The molecule has 0 unspecified atom stereocenters. The molecule has 0 aliphatic carbocycles. The molecular formula is C17H27N3OS. The zero-order chi connectivity index (χ0) is 15.9. The van der Waals surface area contributed by atoms with Crippen molar-refractivity contribution in [2.75, 3.05) is 29.9 Å². The molecule has 2 rings (SSSR count). The van der Waals surface area contributed by atoms with Gasteiger partial charge in [0, 0.05) is 37.1 Å². The highest BCUT2D eigenvalue weighted by Crippen LogP contribution is 2.19. The molecule has 4 nitrogen and oxygen atoms in total. The first-order valence-electron chi connectivity index (χ1n) is 8.13. The minimum absolute atomic E-state index is 0.297. The number of hydrogen-bond donors (Lipinski definition) is 2. The van der Waals surface area contributed by atoms with E-state index in [-0.39, 0.29) is 0 Å². The lowest BCUT2D eigenvalue weighted by Crippen LogP contribution is -2.34. The standard InChI is InChI=1S/C17H27N3OS/c1-4-20(13(2)3)15-9-7-14(8-10-15)19-17(22)18-12-16-6-5-11-21-16/h7-10,13,16H,4-6,11-12H2,1-3H3,(H2,18,19,22)/t16-/m1/s1. The highest BCUT2D eigenvalue weighted by atomic mass is 32.1. The van der Waals surface area contributed by atoms with Gasteiger partial charge >= 0.3 is 0 Å². The number of rotatable bonds is 6. The summed E-state index contributed by atoms with van der Waals surface area (Å²) in [7, 11) is 0. The predicted molar refractivity (Wildman–Crippen MR) is 97.8 cm³/mol. The van der Waals surface area contributed by atoms with Gasteiger partial charge in [-0.2, -0.15) is 0 Å². The number of nitrogens with one attached hydrogen (secondary N) is 2. The molecule has 0 bridgehead atoms. The van der Waals surface area contributed by atoms with Crippen molar-refractivity contribution in [1.29, 1.82) is 0 Å². The summed E-state index contributed by atoms with van der Waals surface area (Å²) in [5, 5.41) is 7.10. The second-order valence-corrected chi connectivity index (χ2v) is 6.30. The highest BCUT2D eigenvalue weighted by molar-refractivity contribution is 7.80. The average Bonchev–Trinajstić information content (AvgIpc) is 3.01. The van der Waals surface area contributed by atoms with E-state index in [0.29, 0.717) is 17.3 Å². The van der Waals surface area contributed by atoms with Crippen LogP contribution in [0, 0.1) is 0 Å². The van der Waals surface area contributed by atoms with Crippen LogP contribution in [0.5, 0.6) is 0 Å². The summed E-state index contributed by atoms with van der Waals surface area (Å²) in [5.41, 5.74) is 2.25. The first-order valence-corrected chi connectivity index (χ1v) is 8.54. The molecule has 1 aromatic rings. The molecule has 5 heteroatoms. The molecule has 2 N–H and O–H groups in total. The zero-order valence-electron chi connectivity index (χ0n) is 13.8. The van der Waals surface area contributed by atoms with Crippen LogP contribution in [0.2, 0.25) is 0 Å². The van der Waals surface area contributed by atoms with Crippen LogP contribution in [0.25, 0.3) is 0 Å². The quantitative estimate of drug-likeness (QED) is 0.786. The van der Waals surface area contributed by atoms with E-state index in [0.717, 1.165) is 38.2 Å². The third-order valence-electron chi connectivity index (χ3n) is 3.94. The molecule has 22 heavy (non-hydrogen) atoms. The minimum atomic E-state index is 0.297. The second-order valence-electron chi connectivity index (χ2n) is 5.90. The number of anilines is 2. The van der Waals surface area contributed by atoms with E-state index in [4.69, 9.17) is 17.0 Å².